The number of hydrogen-bond donors (Lipinski definition) is 1. The monoisotopic (exact) mass is 525 g/mol. The molecule has 5 rings (SSSR count). The highest BCUT2D eigenvalue weighted by atomic mass is 19.1. The molecular formula is C29H26F3NO5. The fraction of sp³-hybridized carbons (Fsp3) is 0.310. The molecule has 2 aliphatic rings. The minimum atomic E-state index is -0.940. The average molecular weight is 526 g/mol. The van der Waals surface area contributed by atoms with Crippen LogP contribution in [0.3, 0.4) is 0 Å². The number of aromatic hydroxyl groups is 1. The fourth-order valence-electron chi connectivity index (χ4n) is 5.27. The minimum absolute atomic E-state index is 0.0174. The summed E-state index contributed by atoms with van der Waals surface area (Å²) >= 11 is 0. The molecule has 1 aliphatic heterocycles. The molecule has 3 aromatic carbocycles. The van der Waals surface area contributed by atoms with E-state index in [2.05, 4.69) is 4.90 Å². The number of fused-ring (bicyclic) bond motifs is 1. The lowest BCUT2D eigenvalue weighted by Crippen LogP contribution is -2.30. The normalized spacial score (nSPS) is 20.8. The van der Waals surface area contributed by atoms with E-state index in [1.165, 1.54) is 30.3 Å². The summed E-state index contributed by atoms with van der Waals surface area (Å²) in [4.78, 5) is 27.1. The lowest BCUT2D eigenvalue weighted by atomic mass is 10.0. The van der Waals surface area contributed by atoms with Gasteiger partial charge in [-0.1, -0.05) is 0 Å². The first-order valence-electron chi connectivity index (χ1n) is 12.4. The Morgan fingerprint density at radius 2 is 1.47 bits per heavy atom. The molecule has 9 heteroatoms. The standard InChI is InChI=1S/C29H26F3NO5/c30-21-3-5-22(6-4-21)38-23-9-19-13-33(14-20(19)10-23)15-27(35)17-2-8-29(25(32)12-17)37-16-28(36)18-1-7-26(34)24(31)11-18/h1-8,11-12,19-20,23,34H,9-10,13-16H2/t19-,20+,23+. The summed E-state index contributed by atoms with van der Waals surface area (Å²) < 4.78 is 52.4. The summed E-state index contributed by atoms with van der Waals surface area (Å²) in [6.45, 7) is 1.14. The van der Waals surface area contributed by atoms with Crippen molar-refractivity contribution < 1.29 is 37.3 Å². The second-order valence-electron chi connectivity index (χ2n) is 9.83. The van der Waals surface area contributed by atoms with Crippen LogP contribution in [-0.4, -0.2) is 53.9 Å². The smallest absolute Gasteiger partial charge is 0.200 e. The van der Waals surface area contributed by atoms with Gasteiger partial charge >= 0.3 is 0 Å². The van der Waals surface area contributed by atoms with Gasteiger partial charge in [-0.3, -0.25) is 14.5 Å². The minimum Gasteiger partial charge on any atom is -0.505 e. The number of halogens is 3. The molecule has 1 aliphatic carbocycles. The number of benzene rings is 3. The highest BCUT2D eigenvalue weighted by molar-refractivity contribution is 5.98. The maximum atomic E-state index is 14.6. The van der Waals surface area contributed by atoms with E-state index in [1.54, 1.807) is 12.1 Å². The summed E-state index contributed by atoms with van der Waals surface area (Å²) in [5, 5.41) is 9.23. The first-order valence-corrected chi connectivity index (χ1v) is 12.4. The van der Waals surface area contributed by atoms with E-state index in [1.807, 2.05) is 0 Å². The molecule has 0 spiro atoms. The molecule has 0 amide bonds. The van der Waals surface area contributed by atoms with Gasteiger partial charge in [-0.25, -0.2) is 13.2 Å². The van der Waals surface area contributed by atoms with Crippen LogP contribution in [0, 0.1) is 29.3 Å². The van der Waals surface area contributed by atoms with Crippen molar-refractivity contribution in [2.45, 2.75) is 18.9 Å². The highest BCUT2D eigenvalue weighted by Gasteiger charge is 2.42. The molecule has 6 nitrogen and oxygen atoms in total. The topological polar surface area (TPSA) is 76.1 Å². The van der Waals surface area contributed by atoms with Crippen LogP contribution in [0.15, 0.2) is 60.7 Å². The number of hydrogen-bond acceptors (Lipinski definition) is 6. The number of carbonyl (C=O) groups is 2. The molecule has 38 heavy (non-hydrogen) atoms. The van der Waals surface area contributed by atoms with Crippen molar-refractivity contribution in [1.29, 1.82) is 0 Å². The summed E-state index contributed by atoms with van der Waals surface area (Å²) in [5.41, 5.74) is 0.188. The van der Waals surface area contributed by atoms with Crippen molar-refractivity contribution in [1.82, 2.24) is 4.90 Å². The van der Waals surface area contributed by atoms with Crippen LogP contribution in [0.25, 0.3) is 0 Å². The first-order chi connectivity index (χ1) is 18.2. The largest absolute Gasteiger partial charge is 0.505 e. The van der Waals surface area contributed by atoms with Crippen LogP contribution in [-0.2, 0) is 0 Å². The van der Waals surface area contributed by atoms with Crippen LogP contribution >= 0.6 is 0 Å². The Bertz CT molecular complexity index is 1330. The molecule has 1 saturated carbocycles. The molecule has 1 saturated heterocycles. The number of phenols is 1. The quantitative estimate of drug-likeness (QED) is 0.395. The van der Waals surface area contributed by atoms with Crippen molar-refractivity contribution in [2.75, 3.05) is 26.2 Å². The molecule has 3 aromatic rings. The summed E-state index contributed by atoms with van der Waals surface area (Å²) in [7, 11) is 0. The predicted molar refractivity (Wildman–Crippen MR) is 132 cm³/mol. The van der Waals surface area contributed by atoms with Gasteiger partial charge in [0.1, 0.15) is 11.6 Å². The zero-order valence-electron chi connectivity index (χ0n) is 20.4. The van der Waals surface area contributed by atoms with Crippen molar-refractivity contribution in [2.24, 2.45) is 11.8 Å². The van der Waals surface area contributed by atoms with E-state index in [0.717, 1.165) is 44.1 Å². The van der Waals surface area contributed by atoms with E-state index in [4.69, 9.17) is 9.47 Å². The van der Waals surface area contributed by atoms with Gasteiger partial charge in [-0.2, -0.15) is 0 Å². The zero-order valence-corrected chi connectivity index (χ0v) is 20.4. The van der Waals surface area contributed by atoms with Crippen LogP contribution in [0.4, 0.5) is 13.2 Å². The van der Waals surface area contributed by atoms with Crippen LogP contribution in [0.2, 0.25) is 0 Å². The van der Waals surface area contributed by atoms with E-state index >= 15 is 0 Å². The molecule has 0 unspecified atom stereocenters. The second-order valence-corrected chi connectivity index (χ2v) is 9.83. The molecule has 0 radical (unpaired) electrons. The first kappa shape index (κ1) is 25.8. The summed E-state index contributed by atoms with van der Waals surface area (Å²) in [6, 6.07) is 13.0. The van der Waals surface area contributed by atoms with E-state index in [-0.39, 0.29) is 41.1 Å². The van der Waals surface area contributed by atoms with Crippen molar-refractivity contribution in [3.05, 3.63) is 89.2 Å². The highest BCUT2D eigenvalue weighted by Crippen LogP contribution is 2.39. The van der Waals surface area contributed by atoms with Crippen LogP contribution in [0.5, 0.6) is 17.2 Å². The average Bonchev–Trinajstić information content (AvgIpc) is 3.44. The Kier molecular flexibility index (Phi) is 7.37. The van der Waals surface area contributed by atoms with Crippen molar-refractivity contribution >= 4 is 11.6 Å². The number of ether oxygens (including phenoxy) is 2. The van der Waals surface area contributed by atoms with E-state index < -0.39 is 29.8 Å². The van der Waals surface area contributed by atoms with Gasteiger partial charge in [0.05, 0.1) is 12.6 Å². The Balaban J connectivity index is 1.10. The Morgan fingerprint density at radius 1 is 0.842 bits per heavy atom. The van der Waals surface area contributed by atoms with Gasteiger partial charge in [-0.05, 0) is 85.3 Å². The molecule has 2 fully saturated rings. The zero-order chi connectivity index (χ0) is 26.8. The van der Waals surface area contributed by atoms with Gasteiger partial charge in [0.2, 0.25) is 0 Å². The number of rotatable bonds is 9. The fourth-order valence-corrected chi connectivity index (χ4v) is 5.27. The van der Waals surface area contributed by atoms with Gasteiger partial charge in [0, 0.05) is 24.2 Å². The summed E-state index contributed by atoms with van der Waals surface area (Å²) in [6.07, 6.45) is 1.79. The maximum Gasteiger partial charge on any atom is 0.200 e. The molecule has 1 N–H and O–H groups in total. The number of phenolic OH excluding ortho intramolecular Hbond substituents is 1. The van der Waals surface area contributed by atoms with Crippen LogP contribution in [0.1, 0.15) is 33.6 Å². The molecule has 1 heterocycles. The van der Waals surface area contributed by atoms with E-state index in [0.29, 0.717) is 17.6 Å². The SMILES string of the molecule is O=C(COc1ccc(C(=O)CN2C[C@H]3C[C@H](Oc4ccc(F)cc4)C[C@H]3C2)cc1F)c1ccc(O)c(F)c1. The van der Waals surface area contributed by atoms with Gasteiger partial charge in [0.15, 0.2) is 41.3 Å². The Labute approximate surface area is 217 Å². The molecular weight excluding hydrogens is 499 g/mol. The number of nitrogens with zero attached hydrogens (tertiary/aromatic N) is 1. The number of carbonyl (C=O) groups excluding carboxylic acids is 2. The molecule has 0 bridgehead atoms. The number of Topliss-reactive ketones (excluding diaryl/α,β-unsaturated/α-hetero) is 2. The van der Waals surface area contributed by atoms with Crippen molar-refractivity contribution in [3.63, 3.8) is 0 Å². The molecule has 3 atom stereocenters. The van der Waals surface area contributed by atoms with Crippen molar-refractivity contribution in [3.8, 4) is 17.2 Å². The number of ketones is 2. The van der Waals surface area contributed by atoms with E-state index in [9.17, 15) is 27.9 Å². The summed E-state index contributed by atoms with van der Waals surface area (Å²) in [5.74, 6) is -2.15. The van der Waals surface area contributed by atoms with Gasteiger partial charge in [0.25, 0.3) is 0 Å². The lowest BCUT2D eigenvalue weighted by Gasteiger charge is -2.19. The predicted octanol–water partition coefficient (Wildman–Crippen LogP) is 5.04. The Hall–Kier alpha value is -3.85. The molecule has 0 aromatic heterocycles. The third-order valence-electron chi connectivity index (χ3n) is 7.15. The molecule has 198 valence electrons. The third-order valence-corrected chi connectivity index (χ3v) is 7.15. The van der Waals surface area contributed by atoms with Crippen LogP contribution < -0.4 is 9.47 Å². The number of likely N-dealkylation sites (tertiary alicyclic amines) is 1. The van der Waals surface area contributed by atoms with Gasteiger partial charge < -0.3 is 14.6 Å². The van der Waals surface area contributed by atoms with Gasteiger partial charge in [-0.15, -0.1) is 0 Å². The second kappa shape index (κ2) is 10.9. The maximum absolute atomic E-state index is 14.6. The lowest BCUT2D eigenvalue weighted by molar-refractivity contribution is 0.0912. The Morgan fingerprint density at radius 3 is 2.13 bits per heavy atom. The third kappa shape index (κ3) is 5.83.